The third kappa shape index (κ3) is 3.33. The molecular weight excluding hydrogens is 248 g/mol. The molecule has 1 aromatic rings. The Bertz CT molecular complexity index is 433. The highest BCUT2D eigenvalue weighted by Gasteiger charge is 2.31. The van der Waals surface area contributed by atoms with Gasteiger partial charge >= 0.3 is 0 Å². The maximum Gasteiger partial charge on any atom is 0.168 e. The highest BCUT2D eigenvalue weighted by molar-refractivity contribution is 5.50. The maximum absolute atomic E-state index is 14.0. The number of anilines is 2. The Hall–Kier alpha value is -1.39. The van der Waals surface area contributed by atoms with Gasteiger partial charge in [-0.25, -0.2) is 13.8 Å². The molecule has 1 fully saturated rings. The molecule has 106 valence electrons. The number of aromatic nitrogens is 1. The van der Waals surface area contributed by atoms with E-state index in [9.17, 15) is 8.78 Å². The number of nitrogens with zero attached hydrogens (tertiary/aromatic N) is 2. The molecule has 0 bridgehead atoms. The number of rotatable bonds is 7. The van der Waals surface area contributed by atoms with Crippen molar-refractivity contribution >= 4 is 11.6 Å². The summed E-state index contributed by atoms with van der Waals surface area (Å²) in [5.41, 5.74) is 0. The predicted molar refractivity (Wildman–Crippen MR) is 73.6 cm³/mol. The van der Waals surface area contributed by atoms with Gasteiger partial charge in [0.05, 0.1) is 0 Å². The van der Waals surface area contributed by atoms with Gasteiger partial charge < -0.3 is 10.2 Å². The van der Waals surface area contributed by atoms with Crippen LogP contribution in [0.5, 0.6) is 0 Å². The third-order valence-electron chi connectivity index (χ3n) is 3.27. The topological polar surface area (TPSA) is 28.2 Å². The molecule has 19 heavy (non-hydrogen) atoms. The largest absolute Gasteiger partial charge is 0.368 e. The summed E-state index contributed by atoms with van der Waals surface area (Å²) in [6.07, 6.45) is 4.18. The van der Waals surface area contributed by atoms with Gasteiger partial charge in [0.1, 0.15) is 0 Å². The molecule has 0 aromatic carbocycles. The monoisotopic (exact) mass is 269 g/mol. The Balaban J connectivity index is 2.26. The molecule has 1 saturated carbocycles. The zero-order chi connectivity index (χ0) is 13.8. The second-order valence-corrected chi connectivity index (χ2v) is 4.93. The van der Waals surface area contributed by atoms with Crippen molar-refractivity contribution in [1.29, 1.82) is 0 Å². The fraction of sp³-hybridized carbons (Fsp3) is 0.643. The Morgan fingerprint density at radius 2 is 2.05 bits per heavy atom. The van der Waals surface area contributed by atoms with E-state index in [-0.39, 0.29) is 11.6 Å². The van der Waals surface area contributed by atoms with Crippen LogP contribution in [-0.2, 0) is 0 Å². The van der Waals surface area contributed by atoms with Gasteiger partial charge in [0, 0.05) is 25.2 Å². The molecule has 0 unspecified atom stereocenters. The number of pyridine rings is 1. The quantitative estimate of drug-likeness (QED) is 0.820. The van der Waals surface area contributed by atoms with Crippen molar-refractivity contribution in [3.63, 3.8) is 0 Å². The number of halogens is 2. The summed E-state index contributed by atoms with van der Waals surface area (Å²) in [5.74, 6) is -0.772. The van der Waals surface area contributed by atoms with Crippen molar-refractivity contribution in [2.24, 2.45) is 0 Å². The van der Waals surface area contributed by atoms with E-state index in [1.54, 1.807) is 0 Å². The minimum atomic E-state index is -0.630. The second-order valence-electron chi connectivity index (χ2n) is 4.93. The van der Waals surface area contributed by atoms with Crippen molar-refractivity contribution < 1.29 is 8.78 Å². The maximum atomic E-state index is 14.0. The van der Waals surface area contributed by atoms with Crippen molar-refractivity contribution in [3.8, 4) is 0 Å². The highest BCUT2D eigenvalue weighted by atomic mass is 19.1. The molecule has 1 aliphatic rings. The summed E-state index contributed by atoms with van der Waals surface area (Å²) in [5, 5.41) is 2.83. The fourth-order valence-electron chi connectivity index (χ4n) is 2.13. The van der Waals surface area contributed by atoms with Gasteiger partial charge in [-0.1, -0.05) is 13.3 Å². The van der Waals surface area contributed by atoms with Crippen molar-refractivity contribution in [3.05, 3.63) is 17.7 Å². The van der Waals surface area contributed by atoms with Crippen LogP contribution >= 0.6 is 0 Å². The van der Waals surface area contributed by atoms with Crippen molar-refractivity contribution in [2.75, 3.05) is 23.3 Å². The van der Waals surface area contributed by atoms with E-state index >= 15 is 0 Å². The minimum absolute atomic E-state index is 0.140. The van der Waals surface area contributed by atoms with E-state index in [4.69, 9.17) is 0 Å². The van der Waals surface area contributed by atoms with E-state index in [2.05, 4.69) is 17.2 Å². The van der Waals surface area contributed by atoms with E-state index in [0.717, 1.165) is 38.3 Å². The lowest BCUT2D eigenvalue weighted by Crippen LogP contribution is -2.29. The Morgan fingerprint density at radius 1 is 1.32 bits per heavy atom. The summed E-state index contributed by atoms with van der Waals surface area (Å²) in [7, 11) is 0. The van der Waals surface area contributed by atoms with Gasteiger partial charge in [-0.05, 0) is 26.2 Å². The average molecular weight is 269 g/mol. The molecule has 0 spiro atoms. The molecule has 0 saturated heterocycles. The minimum Gasteiger partial charge on any atom is -0.368 e. The molecule has 2 rings (SSSR count). The Morgan fingerprint density at radius 3 is 2.63 bits per heavy atom. The van der Waals surface area contributed by atoms with Crippen LogP contribution in [0.25, 0.3) is 0 Å². The van der Waals surface area contributed by atoms with Gasteiger partial charge in [-0.15, -0.1) is 0 Å². The number of unbranched alkanes of at least 4 members (excludes halogenated alkanes) is 1. The van der Waals surface area contributed by atoms with E-state index in [1.807, 2.05) is 11.8 Å². The van der Waals surface area contributed by atoms with Crippen LogP contribution in [0.4, 0.5) is 20.4 Å². The van der Waals surface area contributed by atoms with E-state index in [1.165, 1.54) is 0 Å². The highest BCUT2D eigenvalue weighted by Crippen LogP contribution is 2.33. The standard InChI is InChI=1S/C14H21F2N3/c1-3-5-8-19(10-6-7-10)14-12(16)9-11(15)13(18-14)17-4-2/h9-10H,3-8H2,1-2H3,(H,17,18). The third-order valence-corrected chi connectivity index (χ3v) is 3.27. The molecule has 1 heterocycles. The summed E-state index contributed by atoms with van der Waals surface area (Å²) in [6.45, 7) is 5.30. The molecule has 0 atom stereocenters. The molecule has 3 nitrogen and oxygen atoms in total. The van der Waals surface area contributed by atoms with Crippen molar-refractivity contribution in [1.82, 2.24) is 4.98 Å². The molecule has 0 amide bonds. The van der Waals surface area contributed by atoms with Crippen molar-refractivity contribution in [2.45, 2.75) is 45.6 Å². The van der Waals surface area contributed by atoms with Crippen LogP contribution in [0.15, 0.2) is 6.07 Å². The van der Waals surface area contributed by atoms with Gasteiger partial charge in [-0.3, -0.25) is 0 Å². The van der Waals surface area contributed by atoms with Gasteiger partial charge in [0.25, 0.3) is 0 Å². The Labute approximate surface area is 113 Å². The number of nitrogens with one attached hydrogen (secondary N) is 1. The van der Waals surface area contributed by atoms with Gasteiger partial charge in [-0.2, -0.15) is 0 Å². The zero-order valence-electron chi connectivity index (χ0n) is 11.5. The summed E-state index contributed by atoms with van der Waals surface area (Å²) in [6, 6.07) is 1.30. The summed E-state index contributed by atoms with van der Waals surface area (Å²) >= 11 is 0. The predicted octanol–water partition coefficient (Wildman–Crippen LogP) is 3.56. The first-order chi connectivity index (χ1) is 9.17. The number of hydrogen-bond donors (Lipinski definition) is 1. The van der Waals surface area contributed by atoms with Crippen LogP contribution in [0, 0.1) is 11.6 Å². The van der Waals surface area contributed by atoms with E-state index < -0.39 is 11.6 Å². The van der Waals surface area contributed by atoms with Gasteiger partial charge in [0.15, 0.2) is 23.3 Å². The molecular formula is C14H21F2N3. The SMILES string of the molecule is CCCCN(c1nc(NCC)c(F)cc1F)C1CC1. The smallest absolute Gasteiger partial charge is 0.168 e. The van der Waals surface area contributed by atoms with Gasteiger partial charge in [0.2, 0.25) is 0 Å². The fourth-order valence-corrected chi connectivity index (χ4v) is 2.13. The molecule has 1 aromatic heterocycles. The first kappa shape index (κ1) is 14.0. The lowest BCUT2D eigenvalue weighted by molar-refractivity contribution is 0.565. The first-order valence-corrected chi connectivity index (χ1v) is 7.03. The summed E-state index contributed by atoms with van der Waals surface area (Å²) in [4.78, 5) is 6.13. The normalized spacial score (nSPS) is 14.5. The lowest BCUT2D eigenvalue weighted by atomic mass is 10.3. The van der Waals surface area contributed by atoms with Crippen LogP contribution < -0.4 is 10.2 Å². The van der Waals surface area contributed by atoms with Crippen LogP contribution in [0.2, 0.25) is 0 Å². The van der Waals surface area contributed by atoms with E-state index in [0.29, 0.717) is 12.6 Å². The Kier molecular flexibility index (Phi) is 4.56. The zero-order valence-corrected chi connectivity index (χ0v) is 11.5. The molecule has 0 radical (unpaired) electrons. The van der Waals surface area contributed by atoms with Crippen LogP contribution in [-0.4, -0.2) is 24.1 Å². The molecule has 0 aliphatic heterocycles. The van der Waals surface area contributed by atoms with Crippen LogP contribution in [0.3, 0.4) is 0 Å². The lowest BCUT2D eigenvalue weighted by Gasteiger charge is -2.24. The molecule has 1 N–H and O–H groups in total. The second kappa shape index (κ2) is 6.17. The average Bonchev–Trinajstić information content (AvgIpc) is 3.19. The van der Waals surface area contributed by atoms with Crippen LogP contribution in [0.1, 0.15) is 39.5 Å². The molecule has 5 heteroatoms. The molecule has 1 aliphatic carbocycles. The summed E-state index contributed by atoms with van der Waals surface area (Å²) < 4.78 is 27.5. The first-order valence-electron chi connectivity index (χ1n) is 7.03. The number of hydrogen-bond acceptors (Lipinski definition) is 3.